The predicted octanol–water partition coefficient (Wildman–Crippen LogP) is 5.27. The van der Waals surface area contributed by atoms with Gasteiger partial charge in [0.15, 0.2) is 0 Å². The van der Waals surface area contributed by atoms with Crippen molar-refractivity contribution in [2.45, 2.75) is 31.8 Å². The first-order valence-corrected chi connectivity index (χ1v) is 8.16. The van der Waals surface area contributed by atoms with Gasteiger partial charge in [-0.3, -0.25) is 0 Å². The van der Waals surface area contributed by atoms with E-state index in [0.29, 0.717) is 6.04 Å². The van der Waals surface area contributed by atoms with Crippen LogP contribution in [0.2, 0.25) is 5.02 Å². The molecule has 3 heteroatoms. The van der Waals surface area contributed by atoms with Gasteiger partial charge in [0.05, 0.1) is 5.02 Å². The van der Waals surface area contributed by atoms with Gasteiger partial charge in [0.1, 0.15) is 0 Å². The van der Waals surface area contributed by atoms with E-state index in [2.05, 4.69) is 51.6 Å². The van der Waals surface area contributed by atoms with Gasteiger partial charge in [-0.2, -0.15) is 0 Å². The number of nitrogens with one attached hydrogen (secondary N) is 1. The fourth-order valence-corrected chi connectivity index (χ4v) is 3.31. The molecule has 3 rings (SSSR count). The first kappa shape index (κ1) is 14.1. The van der Waals surface area contributed by atoms with Crippen molar-refractivity contribution in [1.29, 1.82) is 0 Å². The number of benzene rings is 2. The van der Waals surface area contributed by atoms with Crippen molar-refractivity contribution in [3.63, 3.8) is 0 Å². The molecule has 20 heavy (non-hydrogen) atoms. The minimum Gasteiger partial charge on any atom is -0.306 e. The number of hydrogen-bond donors (Lipinski definition) is 1. The van der Waals surface area contributed by atoms with Crippen LogP contribution in [0.15, 0.2) is 46.9 Å². The third-order valence-corrected chi connectivity index (χ3v) is 5.14. The van der Waals surface area contributed by atoms with Crippen molar-refractivity contribution in [3.8, 4) is 0 Å². The zero-order chi connectivity index (χ0) is 13.9. The van der Waals surface area contributed by atoms with Crippen LogP contribution >= 0.6 is 27.5 Å². The van der Waals surface area contributed by atoms with E-state index in [-0.39, 0.29) is 0 Å². The van der Waals surface area contributed by atoms with E-state index in [4.69, 9.17) is 11.6 Å². The minimum atomic E-state index is 0.461. The highest BCUT2D eigenvalue weighted by molar-refractivity contribution is 9.10. The summed E-state index contributed by atoms with van der Waals surface area (Å²) >= 11 is 9.57. The smallest absolute Gasteiger partial charge is 0.0551 e. The number of halogens is 2. The molecule has 1 N–H and O–H groups in total. The molecule has 104 valence electrons. The lowest BCUT2D eigenvalue weighted by molar-refractivity contribution is 0.459. The van der Waals surface area contributed by atoms with Crippen LogP contribution in [-0.4, -0.2) is 0 Å². The number of rotatable bonds is 3. The zero-order valence-electron chi connectivity index (χ0n) is 11.2. The first-order chi connectivity index (χ1) is 9.74. The third-order valence-electron chi connectivity index (χ3n) is 3.91. The molecule has 0 fully saturated rings. The van der Waals surface area contributed by atoms with E-state index in [1.54, 1.807) is 0 Å². The highest BCUT2D eigenvalue weighted by Crippen LogP contribution is 2.30. The molecule has 0 heterocycles. The van der Waals surface area contributed by atoms with Crippen LogP contribution in [0.1, 0.15) is 35.6 Å². The molecule has 0 spiro atoms. The molecule has 1 nitrogen and oxygen atoms in total. The standard InChI is InChI=1S/C17H17BrClN/c18-15-9-8-12(10-16(15)19)11-20-17-7-3-5-13-4-1-2-6-14(13)17/h1-2,4,6,8-10,17,20H,3,5,7,11H2. The Bertz CT molecular complexity index is 612. The van der Waals surface area contributed by atoms with Gasteiger partial charge in [0.25, 0.3) is 0 Å². The Morgan fingerprint density at radius 1 is 1.20 bits per heavy atom. The van der Waals surface area contributed by atoms with Crippen LogP contribution < -0.4 is 5.32 Å². The van der Waals surface area contributed by atoms with E-state index in [9.17, 15) is 0 Å². The number of fused-ring (bicyclic) bond motifs is 1. The first-order valence-electron chi connectivity index (χ1n) is 6.99. The van der Waals surface area contributed by atoms with Gasteiger partial charge in [-0.05, 0) is 64.0 Å². The summed E-state index contributed by atoms with van der Waals surface area (Å²) in [6.45, 7) is 0.853. The van der Waals surface area contributed by atoms with Crippen LogP contribution in [0.25, 0.3) is 0 Å². The van der Waals surface area contributed by atoms with Gasteiger partial charge in [-0.25, -0.2) is 0 Å². The molecule has 1 aliphatic rings. The molecular weight excluding hydrogens is 334 g/mol. The summed E-state index contributed by atoms with van der Waals surface area (Å²) in [5, 5.41) is 4.44. The molecule has 0 saturated carbocycles. The van der Waals surface area contributed by atoms with Gasteiger partial charge >= 0.3 is 0 Å². The zero-order valence-corrected chi connectivity index (χ0v) is 13.5. The summed E-state index contributed by atoms with van der Waals surface area (Å²) in [7, 11) is 0. The maximum Gasteiger partial charge on any atom is 0.0551 e. The Hall–Kier alpha value is -0.830. The van der Waals surface area contributed by atoms with Crippen molar-refractivity contribution in [1.82, 2.24) is 5.32 Å². The summed E-state index contributed by atoms with van der Waals surface area (Å²) in [6, 6.07) is 15.4. The van der Waals surface area contributed by atoms with Crippen molar-refractivity contribution in [2.75, 3.05) is 0 Å². The fraction of sp³-hybridized carbons (Fsp3) is 0.294. The quantitative estimate of drug-likeness (QED) is 0.795. The Labute approximate surface area is 133 Å². The van der Waals surface area contributed by atoms with Crippen molar-refractivity contribution < 1.29 is 0 Å². The number of hydrogen-bond acceptors (Lipinski definition) is 1. The summed E-state index contributed by atoms with van der Waals surface area (Å²) in [6.07, 6.45) is 3.68. The molecule has 1 atom stereocenters. The number of aryl methyl sites for hydroxylation is 1. The van der Waals surface area contributed by atoms with Gasteiger partial charge in [0, 0.05) is 17.1 Å². The molecule has 0 aromatic heterocycles. The van der Waals surface area contributed by atoms with Gasteiger partial charge in [-0.1, -0.05) is 41.9 Å². The molecule has 0 amide bonds. The lowest BCUT2D eigenvalue weighted by Crippen LogP contribution is -2.24. The molecule has 1 aliphatic carbocycles. The average molecular weight is 351 g/mol. The lowest BCUT2D eigenvalue weighted by Gasteiger charge is -2.26. The van der Waals surface area contributed by atoms with Crippen LogP contribution in [-0.2, 0) is 13.0 Å². The fourth-order valence-electron chi connectivity index (χ4n) is 2.86. The topological polar surface area (TPSA) is 12.0 Å². The Morgan fingerprint density at radius 3 is 2.90 bits per heavy atom. The van der Waals surface area contributed by atoms with Gasteiger partial charge < -0.3 is 5.32 Å². The summed E-state index contributed by atoms with van der Waals surface area (Å²) in [5.41, 5.74) is 4.17. The van der Waals surface area contributed by atoms with Crippen LogP contribution in [0, 0.1) is 0 Å². The molecule has 0 radical (unpaired) electrons. The van der Waals surface area contributed by atoms with E-state index in [1.165, 1.54) is 36.0 Å². The Balaban J connectivity index is 1.71. The van der Waals surface area contributed by atoms with Gasteiger partial charge in [-0.15, -0.1) is 0 Å². The molecule has 2 aromatic carbocycles. The van der Waals surface area contributed by atoms with E-state index in [1.807, 2.05) is 12.1 Å². The monoisotopic (exact) mass is 349 g/mol. The SMILES string of the molecule is Clc1cc(CNC2CCCc3ccccc32)ccc1Br. The van der Waals surface area contributed by atoms with E-state index < -0.39 is 0 Å². The molecule has 0 saturated heterocycles. The van der Waals surface area contributed by atoms with Crippen LogP contribution in [0.4, 0.5) is 0 Å². The van der Waals surface area contributed by atoms with Crippen LogP contribution in [0.5, 0.6) is 0 Å². The van der Waals surface area contributed by atoms with Crippen molar-refractivity contribution >= 4 is 27.5 Å². The van der Waals surface area contributed by atoms with Crippen molar-refractivity contribution in [3.05, 3.63) is 68.7 Å². The normalized spacial score (nSPS) is 17.8. The third kappa shape index (κ3) is 3.08. The predicted molar refractivity (Wildman–Crippen MR) is 88.1 cm³/mol. The summed E-state index contributed by atoms with van der Waals surface area (Å²) < 4.78 is 0.950. The van der Waals surface area contributed by atoms with E-state index in [0.717, 1.165) is 16.0 Å². The minimum absolute atomic E-state index is 0.461. The Kier molecular flexibility index (Phi) is 4.45. The summed E-state index contributed by atoms with van der Waals surface area (Å²) in [5.74, 6) is 0. The van der Waals surface area contributed by atoms with Crippen LogP contribution in [0.3, 0.4) is 0 Å². The molecular formula is C17H17BrClN. The maximum absolute atomic E-state index is 6.14. The molecule has 0 bridgehead atoms. The van der Waals surface area contributed by atoms with Crippen molar-refractivity contribution in [2.24, 2.45) is 0 Å². The van der Waals surface area contributed by atoms with E-state index >= 15 is 0 Å². The lowest BCUT2D eigenvalue weighted by atomic mass is 9.87. The van der Waals surface area contributed by atoms with Gasteiger partial charge in [0.2, 0.25) is 0 Å². The highest BCUT2D eigenvalue weighted by Gasteiger charge is 2.18. The maximum atomic E-state index is 6.14. The highest BCUT2D eigenvalue weighted by atomic mass is 79.9. The average Bonchev–Trinajstić information content (AvgIpc) is 2.48. The molecule has 1 unspecified atom stereocenters. The Morgan fingerprint density at radius 2 is 2.05 bits per heavy atom. The largest absolute Gasteiger partial charge is 0.306 e. The summed E-state index contributed by atoms with van der Waals surface area (Å²) in [4.78, 5) is 0. The second-order valence-electron chi connectivity index (χ2n) is 5.27. The molecule has 2 aromatic rings. The second-order valence-corrected chi connectivity index (χ2v) is 6.53. The second kappa shape index (κ2) is 6.30. The molecule has 0 aliphatic heterocycles.